The lowest BCUT2D eigenvalue weighted by Crippen LogP contribution is -2.22. The molecule has 1 aliphatic rings. The first-order valence-corrected chi connectivity index (χ1v) is 7.89. The highest BCUT2D eigenvalue weighted by Crippen LogP contribution is 2.47. The fourth-order valence-electron chi connectivity index (χ4n) is 2.76. The van der Waals surface area contributed by atoms with E-state index in [1.165, 1.54) is 5.56 Å². The van der Waals surface area contributed by atoms with Gasteiger partial charge >= 0.3 is 0 Å². The SMILES string of the molecule is CC/C(=N\NC(=O)C1CC1c1ccccc1)c1ccc(O)cc1. The van der Waals surface area contributed by atoms with Crippen molar-refractivity contribution in [3.05, 3.63) is 65.7 Å². The fraction of sp³-hybridized carbons (Fsp3) is 0.263. The summed E-state index contributed by atoms with van der Waals surface area (Å²) < 4.78 is 0. The Morgan fingerprint density at radius 3 is 2.52 bits per heavy atom. The van der Waals surface area contributed by atoms with Gasteiger partial charge in [0.1, 0.15) is 5.75 Å². The van der Waals surface area contributed by atoms with E-state index in [4.69, 9.17) is 0 Å². The quantitative estimate of drug-likeness (QED) is 0.656. The number of nitrogens with one attached hydrogen (secondary N) is 1. The third-order valence-corrected chi connectivity index (χ3v) is 4.19. The number of carbonyl (C=O) groups excluding carboxylic acids is 1. The van der Waals surface area contributed by atoms with Crippen LogP contribution in [0.3, 0.4) is 0 Å². The van der Waals surface area contributed by atoms with Crippen molar-refractivity contribution in [3.8, 4) is 5.75 Å². The molecule has 2 aromatic carbocycles. The number of hydrogen-bond acceptors (Lipinski definition) is 3. The molecule has 0 heterocycles. The molecule has 1 fully saturated rings. The normalized spacial score (nSPS) is 20.1. The Labute approximate surface area is 135 Å². The zero-order chi connectivity index (χ0) is 16.2. The lowest BCUT2D eigenvalue weighted by atomic mass is 10.1. The molecule has 0 bridgehead atoms. The van der Waals surface area contributed by atoms with E-state index < -0.39 is 0 Å². The van der Waals surface area contributed by atoms with Crippen LogP contribution < -0.4 is 5.43 Å². The maximum absolute atomic E-state index is 12.2. The van der Waals surface area contributed by atoms with E-state index >= 15 is 0 Å². The van der Waals surface area contributed by atoms with Crippen LogP contribution in [0.1, 0.15) is 36.8 Å². The summed E-state index contributed by atoms with van der Waals surface area (Å²) in [6, 6.07) is 17.0. The second kappa shape index (κ2) is 6.65. The van der Waals surface area contributed by atoms with Crippen molar-refractivity contribution in [1.82, 2.24) is 5.43 Å². The molecule has 2 unspecified atom stereocenters. The van der Waals surface area contributed by atoms with Gasteiger partial charge in [-0.2, -0.15) is 5.10 Å². The van der Waals surface area contributed by atoms with Gasteiger partial charge in [0, 0.05) is 5.92 Å². The molecule has 0 aliphatic heterocycles. The van der Waals surface area contributed by atoms with Crippen molar-refractivity contribution < 1.29 is 9.90 Å². The van der Waals surface area contributed by atoms with E-state index in [0.717, 1.165) is 17.7 Å². The van der Waals surface area contributed by atoms with Gasteiger partial charge in [0.05, 0.1) is 5.71 Å². The zero-order valence-corrected chi connectivity index (χ0v) is 13.1. The Morgan fingerprint density at radius 1 is 1.17 bits per heavy atom. The molecule has 0 saturated heterocycles. The topological polar surface area (TPSA) is 61.7 Å². The van der Waals surface area contributed by atoms with Crippen LogP contribution in [0, 0.1) is 5.92 Å². The first-order valence-electron chi connectivity index (χ1n) is 7.89. The summed E-state index contributed by atoms with van der Waals surface area (Å²) in [5.41, 5.74) is 5.61. The van der Waals surface area contributed by atoms with Gasteiger partial charge in [-0.15, -0.1) is 0 Å². The molecule has 4 heteroatoms. The molecule has 2 N–H and O–H groups in total. The van der Waals surface area contributed by atoms with Crippen LogP contribution >= 0.6 is 0 Å². The third kappa shape index (κ3) is 3.59. The zero-order valence-electron chi connectivity index (χ0n) is 13.1. The lowest BCUT2D eigenvalue weighted by Gasteiger charge is -2.05. The van der Waals surface area contributed by atoms with E-state index in [9.17, 15) is 9.90 Å². The molecule has 2 atom stereocenters. The molecule has 1 aliphatic carbocycles. The van der Waals surface area contributed by atoms with Crippen LogP contribution in [-0.2, 0) is 4.79 Å². The largest absolute Gasteiger partial charge is 0.508 e. The summed E-state index contributed by atoms with van der Waals surface area (Å²) in [4.78, 5) is 12.2. The number of carbonyl (C=O) groups is 1. The molecular weight excluding hydrogens is 288 g/mol. The minimum atomic E-state index is -0.0245. The van der Waals surface area contributed by atoms with Crippen molar-refractivity contribution >= 4 is 11.6 Å². The Balaban J connectivity index is 1.63. The Morgan fingerprint density at radius 2 is 1.87 bits per heavy atom. The van der Waals surface area contributed by atoms with Gasteiger partial charge in [-0.25, -0.2) is 5.43 Å². The number of benzene rings is 2. The molecule has 0 spiro atoms. The second-order valence-electron chi connectivity index (χ2n) is 5.79. The highest BCUT2D eigenvalue weighted by atomic mass is 16.3. The summed E-state index contributed by atoms with van der Waals surface area (Å²) in [5.74, 6) is 0.518. The van der Waals surface area contributed by atoms with E-state index in [2.05, 4.69) is 22.7 Å². The smallest absolute Gasteiger partial charge is 0.243 e. The molecule has 1 amide bonds. The molecular formula is C19H20N2O2. The van der Waals surface area contributed by atoms with Crippen LogP contribution in [0.5, 0.6) is 5.75 Å². The average Bonchev–Trinajstić information content (AvgIpc) is 3.38. The van der Waals surface area contributed by atoms with Crippen LogP contribution in [0.25, 0.3) is 0 Å². The Bertz CT molecular complexity index is 708. The summed E-state index contributed by atoms with van der Waals surface area (Å²) in [5, 5.41) is 13.6. The van der Waals surface area contributed by atoms with Crippen molar-refractivity contribution in [2.75, 3.05) is 0 Å². The number of aromatic hydroxyl groups is 1. The number of nitrogens with zero attached hydrogens (tertiary/aromatic N) is 1. The predicted octanol–water partition coefficient (Wildman–Crippen LogP) is 3.43. The minimum Gasteiger partial charge on any atom is -0.508 e. The number of phenols is 1. The maximum atomic E-state index is 12.2. The summed E-state index contributed by atoms with van der Waals surface area (Å²) in [7, 11) is 0. The summed E-state index contributed by atoms with van der Waals surface area (Å²) in [6.07, 6.45) is 1.59. The van der Waals surface area contributed by atoms with Crippen LogP contribution in [0.2, 0.25) is 0 Å². The van der Waals surface area contributed by atoms with Gasteiger partial charge in [0.2, 0.25) is 5.91 Å². The van der Waals surface area contributed by atoms with Gasteiger partial charge < -0.3 is 5.11 Å². The second-order valence-corrected chi connectivity index (χ2v) is 5.79. The summed E-state index contributed by atoms with van der Waals surface area (Å²) >= 11 is 0. The van der Waals surface area contributed by atoms with E-state index in [1.807, 2.05) is 25.1 Å². The standard InChI is InChI=1S/C19H20N2O2/c1-2-18(14-8-10-15(22)11-9-14)20-21-19(23)17-12-16(17)13-6-4-3-5-7-13/h3-11,16-17,22H,2,12H2,1H3,(H,21,23)/b20-18+. The highest BCUT2D eigenvalue weighted by molar-refractivity contribution is 6.01. The van der Waals surface area contributed by atoms with Crippen molar-refractivity contribution in [2.24, 2.45) is 11.0 Å². The molecule has 118 valence electrons. The highest BCUT2D eigenvalue weighted by Gasteiger charge is 2.43. The third-order valence-electron chi connectivity index (χ3n) is 4.19. The van der Waals surface area contributed by atoms with Crippen LogP contribution in [0.4, 0.5) is 0 Å². The molecule has 0 radical (unpaired) electrons. The molecule has 3 rings (SSSR count). The Hall–Kier alpha value is -2.62. The first kappa shape index (κ1) is 15.3. The number of amides is 1. The molecule has 2 aromatic rings. The van der Waals surface area contributed by atoms with Crippen molar-refractivity contribution in [3.63, 3.8) is 0 Å². The van der Waals surface area contributed by atoms with Gasteiger partial charge in [0.15, 0.2) is 0 Å². The molecule has 4 nitrogen and oxygen atoms in total. The van der Waals surface area contributed by atoms with Gasteiger partial charge in [-0.3, -0.25) is 4.79 Å². The van der Waals surface area contributed by atoms with Crippen molar-refractivity contribution in [2.45, 2.75) is 25.7 Å². The van der Waals surface area contributed by atoms with Gasteiger partial charge in [-0.1, -0.05) is 37.3 Å². The van der Waals surface area contributed by atoms with Crippen molar-refractivity contribution in [1.29, 1.82) is 0 Å². The fourth-order valence-corrected chi connectivity index (χ4v) is 2.76. The van der Waals surface area contributed by atoms with Crippen LogP contribution in [0.15, 0.2) is 59.7 Å². The average molecular weight is 308 g/mol. The lowest BCUT2D eigenvalue weighted by molar-refractivity contribution is -0.122. The van der Waals surface area contributed by atoms with Crippen LogP contribution in [-0.4, -0.2) is 16.7 Å². The predicted molar refractivity (Wildman–Crippen MR) is 90.4 cm³/mol. The first-order chi connectivity index (χ1) is 11.2. The molecule has 0 aromatic heterocycles. The molecule has 1 saturated carbocycles. The number of hydrazone groups is 1. The maximum Gasteiger partial charge on any atom is 0.243 e. The molecule has 23 heavy (non-hydrogen) atoms. The van der Waals surface area contributed by atoms with E-state index in [-0.39, 0.29) is 17.6 Å². The minimum absolute atomic E-state index is 0.0130. The summed E-state index contributed by atoms with van der Waals surface area (Å²) in [6.45, 7) is 1.99. The van der Waals surface area contributed by atoms with Gasteiger partial charge in [-0.05, 0) is 54.2 Å². The number of rotatable bonds is 5. The number of hydrogen-bond donors (Lipinski definition) is 2. The van der Waals surface area contributed by atoms with E-state index in [0.29, 0.717) is 12.3 Å². The Kier molecular flexibility index (Phi) is 4.42. The number of phenolic OH excluding ortho intramolecular Hbond substituents is 1. The van der Waals surface area contributed by atoms with E-state index in [1.54, 1.807) is 24.3 Å². The van der Waals surface area contributed by atoms with Gasteiger partial charge in [0.25, 0.3) is 0 Å². The monoisotopic (exact) mass is 308 g/mol.